The maximum absolute atomic E-state index is 5.61. The predicted octanol–water partition coefficient (Wildman–Crippen LogP) is 1.06. The van der Waals surface area contributed by atoms with Gasteiger partial charge in [0.25, 0.3) is 0 Å². The molecule has 16 heavy (non-hydrogen) atoms. The molecule has 0 radical (unpaired) electrons. The van der Waals surface area contributed by atoms with Crippen LogP contribution in [0.1, 0.15) is 6.42 Å². The molecule has 2 heterocycles. The van der Waals surface area contributed by atoms with Crippen LogP contribution in [0.25, 0.3) is 11.0 Å². The summed E-state index contributed by atoms with van der Waals surface area (Å²) in [5, 5.41) is 8.49. The molecule has 0 bridgehead atoms. The van der Waals surface area contributed by atoms with Gasteiger partial charge in [-0.05, 0) is 6.42 Å². The van der Waals surface area contributed by atoms with Gasteiger partial charge in [0.1, 0.15) is 5.03 Å². The summed E-state index contributed by atoms with van der Waals surface area (Å²) in [4.78, 5) is 8.25. The van der Waals surface area contributed by atoms with Crippen molar-refractivity contribution in [3.63, 3.8) is 0 Å². The number of aromatic amines is 1. The Morgan fingerprint density at radius 2 is 2.38 bits per heavy atom. The summed E-state index contributed by atoms with van der Waals surface area (Å²) in [5.41, 5.74) is 6.29. The summed E-state index contributed by atoms with van der Waals surface area (Å²) >= 11 is 1.64. The molecular weight excluding hydrogens is 226 g/mol. The van der Waals surface area contributed by atoms with Gasteiger partial charge in [-0.2, -0.15) is 10.1 Å². The Balaban J connectivity index is 2.12. The SMILES string of the molecule is COCCCSc1nc(N)nc2[nH]ncc12. The summed E-state index contributed by atoms with van der Waals surface area (Å²) in [5.74, 6) is 1.20. The van der Waals surface area contributed by atoms with E-state index in [9.17, 15) is 0 Å². The van der Waals surface area contributed by atoms with Crippen LogP contribution in [0.2, 0.25) is 0 Å². The number of aromatic nitrogens is 4. The van der Waals surface area contributed by atoms with Gasteiger partial charge in [-0.1, -0.05) is 0 Å². The molecule has 2 aromatic rings. The Hall–Kier alpha value is -1.34. The first-order valence-corrected chi connectivity index (χ1v) is 5.88. The standard InChI is InChI=1S/C9H13N5OS/c1-15-3-2-4-16-8-6-5-11-14-7(6)12-9(10)13-8/h5H,2-4H2,1H3,(H3,10,11,12,13,14). The molecule has 0 atom stereocenters. The molecule has 7 heteroatoms. The molecule has 2 aromatic heterocycles. The van der Waals surface area contributed by atoms with E-state index in [1.54, 1.807) is 25.1 Å². The summed E-state index contributed by atoms with van der Waals surface area (Å²) in [6.07, 6.45) is 2.69. The monoisotopic (exact) mass is 239 g/mol. The van der Waals surface area contributed by atoms with E-state index in [4.69, 9.17) is 10.5 Å². The van der Waals surface area contributed by atoms with Gasteiger partial charge in [0.15, 0.2) is 5.65 Å². The maximum atomic E-state index is 5.61. The number of rotatable bonds is 5. The van der Waals surface area contributed by atoms with E-state index in [1.807, 2.05) is 0 Å². The van der Waals surface area contributed by atoms with Crippen LogP contribution in [0.15, 0.2) is 11.2 Å². The van der Waals surface area contributed by atoms with Crippen LogP contribution in [0.4, 0.5) is 5.95 Å². The van der Waals surface area contributed by atoms with E-state index in [1.165, 1.54) is 0 Å². The molecule has 86 valence electrons. The second-order valence-electron chi connectivity index (χ2n) is 3.21. The van der Waals surface area contributed by atoms with Crippen molar-refractivity contribution in [3.8, 4) is 0 Å². The van der Waals surface area contributed by atoms with Crippen LogP contribution in [-0.2, 0) is 4.74 Å². The van der Waals surface area contributed by atoms with Gasteiger partial charge in [-0.15, -0.1) is 11.8 Å². The van der Waals surface area contributed by atoms with Gasteiger partial charge in [0.05, 0.1) is 11.6 Å². The van der Waals surface area contributed by atoms with Gasteiger partial charge in [0, 0.05) is 19.5 Å². The van der Waals surface area contributed by atoms with E-state index in [0.29, 0.717) is 5.65 Å². The molecule has 0 aliphatic carbocycles. The number of thioether (sulfide) groups is 1. The lowest BCUT2D eigenvalue weighted by atomic mass is 10.4. The second kappa shape index (κ2) is 5.13. The molecule has 0 spiro atoms. The number of hydrogen-bond donors (Lipinski definition) is 2. The molecule has 0 unspecified atom stereocenters. The molecule has 0 fully saturated rings. The fourth-order valence-electron chi connectivity index (χ4n) is 1.31. The highest BCUT2D eigenvalue weighted by Crippen LogP contribution is 2.24. The number of methoxy groups -OCH3 is 1. The minimum atomic E-state index is 0.269. The molecule has 0 aromatic carbocycles. The Kier molecular flexibility index (Phi) is 3.58. The predicted molar refractivity (Wildman–Crippen MR) is 63.3 cm³/mol. The zero-order valence-electron chi connectivity index (χ0n) is 8.93. The molecule has 0 saturated heterocycles. The quantitative estimate of drug-likeness (QED) is 0.461. The van der Waals surface area contributed by atoms with Gasteiger partial charge in [-0.25, -0.2) is 4.98 Å². The highest BCUT2D eigenvalue weighted by atomic mass is 32.2. The van der Waals surface area contributed by atoms with E-state index < -0.39 is 0 Å². The molecular formula is C9H13N5OS. The third kappa shape index (κ3) is 2.42. The second-order valence-corrected chi connectivity index (χ2v) is 4.30. The number of nitrogens with one attached hydrogen (secondary N) is 1. The smallest absolute Gasteiger partial charge is 0.223 e. The summed E-state index contributed by atoms with van der Waals surface area (Å²) < 4.78 is 4.99. The number of fused-ring (bicyclic) bond motifs is 1. The fraction of sp³-hybridized carbons (Fsp3) is 0.444. The number of ether oxygens (including phenoxy) is 1. The molecule has 0 aliphatic rings. The topological polar surface area (TPSA) is 89.7 Å². The minimum Gasteiger partial charge on any atom is -0.385 e. The van der Waals surface area contributed by atoms with Crippen molar-refractivity contribution in [2.24, 2.45) is 0 Å². The Bertz CT molecular complexity index is 472. The molecule has 0 aliphatic heterocycles. The first-order valence-electron chi connectivity index (χ1n) is 4.89. The van der Waals surface area contributed by atoms with Crippen LogP contribution < -0.4 is 5.73 Å². The van der Waals surface area contributed by atoms with Gasteiger partial charge < -0.3 is 10.5 Å². The Morgan fingerprint density at radius 1 is 1.50 bits per heavy atom. The van der Waals surface area contributed by atoms with Crippen LogP contribution >= 0.6 is 11.8 Å². The number of nitrogens with two attached hydrogens (primary N) is 1. The number of nitrogens with zero attached hydrogens (tertiary/aromatic N) is 3. The van der Waals surface area contributed by atoms with Crippen LogP contribution in [0, 0.1) is 0 Å². The van der Waals surface area contributed by atoms with E-state index in [0.717, 1.165) is 29.2 Å². The molecule has 0 saturated carbocycles. The van der Waals surface area contributed by atoms with E-state index >= 15 is 0 Å². The number of nitrogen functional groups attached to an aromatic ring is 1. The molecule has 2 rings (SSSR count). The van der Waals surface area contributed by atoms with Crippen molar-refractivity contribution >= 4 is 28.7 Å². The van der Waals surface area contributed by atoms with E-state index in [2.05, 4.69) is 20.2 Å². The van der Waals surface area contributed by atoms with Crippen LogP contribution in [-0.4, -0.2) is 39.6 Å². The maximum Gasteiger partial charge on any atom is 0.223 e. The highest BCUT2D eigenvalue weighted by molar-refractivity contribution is 7.99. The van der Waals surface area contributed by atoms with Gasteiger partial charge >= 0.3 is 0 Å². The van der Waals surface area contributed by atoms with Crippen molar-refractivity contribution in [3.05, 3.63) is 6.20 Å². The third-order valence-corrected chi connectivity index (χ3v) is 3.10. The molecule has 3 N–H and O–H groups in total. The van der Waals surface area contributed by atoms with Gasteiger partial charge in [0.2, 0.25) is 5.95 Å². The fourth-order valence-corrected chi connectivity index (χ4v) is 2.23. The number of anilines is 1. The zero-order chi connectivity index (χ0) is 11.4. The van der Waals surface area contributed by atoms with Crippen molar-refractivity contribution in [2.45, 2.75) is 11.4 Å². The Morgan fingerprint density at radius 3 is 3.19 bits per heavy atom. The molecule has 0 amide bonds. The minimum absolute atomic E-state index is 0.269. The van der Waals surface area contributed by atoms with Crippen molar-refractivity contribution in [1.29, 1.82) is 0 Å². The van der Waals surface area contributed by atoms with Crippen molar-refractivity contribution in [2.75, 3.05) is 25.2 Å². The zero-order valence-corrected chi connectivity index (χ0v) is 9.75. The lowest BCUT2D eigenvalue weighted by molar-refractivity contribution is 0.200. The van der Waals surface area contributed by atoms with Crippen molar-refractivity contribution < 1.29 is 4.74 Å². The highest BCUT2D eigenvalue weighted by Gasteiger charge is 2.07. The van der Waals surface area contributed by atoms with Gasteiger partial charge in [-0.3, -0.25) is 5.10 Å². The summed E-state index contributed by atoms with van der Waals surface area (Å²) in [6.45, 7) is 0.752. The average molecular weight is 239 g/mol. The normalized spacial score (nSPS) is 11.1. The van der Waals surface area contributed by atoms with E-state index in [-0.39, 0.29) is 5.95 Å². The Labute approximate surface area is 97.0 Å². The summed E-state index contributed by atoms with van der Waals surface area (Å²) in [7, 11) is 1.70. The van der Waals surface area contributed by atoms with Crippen LogP contribution in [0.3, 0.4) is 0 Å². The first-order chi connectivity index (χ1) is 7.81. The molecule has 6 nitrogen and oxygen atoms in total. The largest absolute Gasteiger partial charge is 0.385 e. The summed E-state index contributed by atoms with van der Waals surface area (Å²) in [6, 6.07) is 0. The first kappa shape index (κ1) is 11.2. The number of hydrogen-bond acceptors (Lipinski definition) is 6. The third-order valence-electron chi connectivity index (χ3n) is 2.02. The van der Waals surface area contributed by atoms with Crippen molar-refractivity contribution in [1.82, 2.24) is 20.2 Å². The lowest BCUT2D eigenvalue weighted by Gasteiger charge is -2.02. The average Bonchev–Trinajstić information content (AvgIpc) is 2.72. The van der Waals surface area contributed by atoms with Crippen LogP contribution in [0.5, 0.6) is 0 Å². The number of H-pyrrole nitrogens is 1. The lowest BCUT2D eigenvalue weighted by Crippen LogP contribution is -1.97.